The Labute approximate surface area is 118 Å². The standard InChI is InChI=1S/C15H20N2O3/c1-10-7-11(14(19)20)3-4-12(10)17-13(18)8-15(9-16)5-2-6-15/h3-4,7H,2,5-6,8-9,16H2,1H3,(H,17,18)(H,19,20). The van der Waals surface area contributed by atoms with Crippen molar-refractivity contribution in [1.29, 1.82) is 0 Å². The Kier molecular flexibility index (Phi) is 4.09. The van der Waals surface area contributed by atoms with E-state index in [-0.39, 0.29) is 16.9 Å². The molecule has 0 spiro atoms. The number of carboxylic acids is 1. The van der Waals surface area contributed by atoms with E-state index in [9.17, 15) is 9.59 Å². The van der Waals surface area contributed by atoms with Crippen molar-refractivity contribution in [3.63, 3.8) is 0 Å². The van der Waals surface area contributed by atoms with Gasteiger partial charge in [0.2, 0.25) is 5.91 Å². The maximum atomic E-state index is 12.1. The molecule has 0 radical (unpaired) electrons. The van der Waals surface area contributed by atoms with Gasteiger partial charge in [0.25, 0.3) is 0 Å². The van der Waals surface area contributed by atoms with Gasteiger partial charge in [-0.25, -0.2) is 4.79 Å². The topological polar surface area (TPSA) is 92.4 Å². The fourth-order valence-corrected chi connectivity index (χ4v) is 2.60. The molecule has 5 nitrogen and oxygen atoms in total. The largest absolute Gasteiger partial charge is 0.478 e. The molecule has 1 saturated carbocycles. The van der Waals surface area contributed by atoms with Crippen LogP contribution in [-0.4, -0.2) is 23.5 Å². The van der Waals surface area contributed by atoms with Crippen LogP contribution in [0.5, 0.6) is 0 Å². The van der Waals surface area contributed by atoms with Crippen molar-refractivity contribution >= 4 is 17.6 Å². The lowest BCUT2D eigenvalue weighted by Gasteiger charge is -2.40. The number of carbonyl (C=O) groups is 2. The van der Waals surface area contributed by atoms with Crippen molar-refractivity contribution in [2.75, 3.05) is 11.9 Å². The molecule has 1 aromatic rings. The van der Waals surface area contributed by atoms with Crippen molar-refractivity contribution in [3.8, 4) is 0 Å². The molecule has 1 aromatic carbocycles. The average molecular weight is 276 g/mol. The van der Waals surface area contributed by atoms with E-state index in [1.54, 1.807) is 19.1 Å². The normalized spacial score (nSPS) is 16.3. The zero-order chi connectivity index (χ0) is 14.8. The van der Waals surface area contributed by atoms with Gasteiger partial charge in [-0.15, -0.1) is 0 Å². The number of hydrogen-bond donors (Lipinski definition) is 3. The molecule has 5 heteroatoms. The second-order valence-electron chi connectivity index (χ2n) is 5.62. The molecule has 20 heavy (non-hydrogen) atoms. The van der Waals surface area contributed by atoms with Crippen LogP contribution < -0.4 is 11.1 Å². The van der Waals surface area contributed by atoms with Crippen LogP contribution >= 0.6 is 0 Å². The van der Waals surface area contributed by atoms with Crippen LogP contribution in [0.3, 0.4) is 0 Å². The number of aryl methyl sites for hydroxylation is 1. The van der Waals surface area contributed by atoms with Gasteiger partial charge in [0.15, 0.2) is 0 Å². The smallest absolute Gasteiger partial charge is 0.335 e. The summed E-state index contributed by atoms with van der Waals surface area (Å²) in [5.41, 5.74) is 7.34. The van der Waals surface area contributed by atoms with Gasteiger partial charge < -0.3 is 16.2 Å². The summed E-state index contributed by atoms with van der Waals surface area (Å²) in [5, 5.41) is 11.8. The minimum Gasteiger partial charge on any atom is -0.478 e. The summed E-state index contributed by atoms with van der Waals surface area (Å²) in [7, 11) is 0. The van der Waals surface area contributed by atoms with E-state index in [0.29, 0.717) is 18.7 Å². The van der Waals surface area contributed by atoms with Crippen molar-refractivity contribution in [2.24, 2.45) is 11.1 Å². The zero-order valence-electron chi connectivity index (χ0n) is 11.6. The summed E-state index contributed by atoms with van der Waals surface area (Å²) in [4.78, 5) is 22.9. The minimum atomic E-state index is -0.970. The monoisotopic (exact) mass is 276 g/mol. The van der Waals surface area contributed by atoms with Crippen LogP contribution in [0.1, 0.15) is 41.6 Å². The molecule has 0 aliphatic heterocycles. The maximum Gasteiger partial charge on any atom is 0.335 e. The third-order valence-electron chi connectivity index (χ3n) is 4.13. The van der Waals surface area contributed by atoms with Gasteiger partial charge in [-0.3, -0.25) is 4.79 Å². The maximum absolute atomic E-state index is 12.1. The summed E-state index contributed by atoms with van der Waals surface area (Å²) in [6, 6.07) is 4.68. The first kappa shape index (κ1) is 14.5. The Morgan fingerprint density at radius 2 is 2.10 bits per heavy atom. The van der Waals surface area contributed by atoms with E-state index in [2.05, 4.69) is 5.32 Å². The minimum absolute atomic E-state index is 0.0288. The lowest BCUT2D eigenvalue weighted by Crippen LogP contribution is -2.40. The first-order chi connectivity index (χ1) is 9.46. The van der Waals surface area contributed by atoms with E-state index < -0.39 is 5.97 Å². The molecule has 0 unspecified atom stereocenters. The molecule has 1 aliphatic carbocycles. The summed E-state index contributed by atoms with van der Waals surface area (Å²) in [5.74, 6) is -1.02. The number of rotatable bonds is 5. The Bertz CT molecular complexity index is 530. The fourth-order valence-electron chi connectivity index (χ4n) is 2.60. The highest BCUT2D eigenvalue weighted by molar-refractivity contribution is 5.93. The van der Waals surface area contributed by atoms with Gasteiger partial charge in [-0.2, -0.15) is 0 Å². The predicted molar refractivity (Wildman–Crippen MR) is 76.7 cm³/mol. The molecule has 4 N–H and O–H groups in total. The summed E-state index contributed by atoms with van der Waals surface area (Å²) >= 11 is 0. The van der Waals surface area contributed by atoms with Crippen molar-refractivity contribution in [1.82, 2.24) is 0 Å². The molecule has 1 aliphatic rings. The highest BCUT2D eigenvalue weighted by atomic mass is 16.4. The van der Waals surface area contributed by atoms with Gasteiger partial charge in [0.1, 0.15) is 0 Å². The molecule has 1 amide bonds. The van der Waals surface area contributed by atoms with Crippen LogP contribution in [0.25, 0.3) is 0 Å². The first-order valence-electron chi connectivity index (χ1n) is 6.80. The lowest BCUT2D eigenvalue weighted by atomic mass is 9.66. The summed E-state index contributed by atoms with van der Waals surface area (Å²) in [6.07, 6.45) is 3.59. The molecule has 0 aromatic heterocycles. The quantitative estimate of drug-likeness (QED) is 0.768. The SMILES string of the molecule is Cc1cc(C(=O)O)ccc1NC(=O)CC1(CN)CCC1. The second kappa shape index (κ2) is 5.63. The average Bonchev–Trinajstić information content (AvgIpc) is 2.36. The van der Waals surface area contributed by atoms with Crippen LogP contribution in [-0.2, 0) is 4.79 Å². The number of benzene rings is 1. The van der Waals surface area contributed by atoms with Crippen LogP contribution in [0.4, 0.5) is 5.69 Å². The van der Waals surface area contributed by atoms with E-state index in [4.69, 9.17) is 10.8 Å². The molecule has 0 saturated heterocycles. The summed E-state index contributed by atoms with van der Waals surface area (Å²) < 4.78 is 0. The predicted octanol–water partition coefficient (Wildman–Crippen LogP) is 2.15. The molecule has 0 atom stereocenters. The number of nitrogens with two attached hydrogens (primary N) is 1. The Morgan fingerprint density at radius 3 is 2.55 bits per heavy atom. The van der Waals surface area contributed by atoms with Crippen molar-refractivity contribution < 1.29 is 14.7 Å². The molecule has 108 valence electrons. The van der Waals surface area contributed by atoms with E-state index in [1.165, 1.54) is 6.07 Å². The molecular formula is C15H20N2O3. The van der Waals surface area contributed by atoms with Gasteiger partial charge >= 0.3 is 5.97 Å². The number of nitrogens with one attached hydrogen (secondary N) is 1. The first-order valence-corrected chi connectivity index (χ1v) is 6.80. The van der Waals surface area contributed by atoms with E-state index in [1.807, 2.05) is 0 Å². The van der Waals surface area contributed by atoms with E-state index in [0.717, 1.165) is 24.8 Å². The Balaban J connectivity index is 2.02. The molecule has 0 heterocycles. The number of carbonyl (C=O) groups excluding carboxylic acids is 1. The second-order valence-corrected chi connectivity index (χ2v) is 5.62. The molecular weight excluding hydrogens is 256 g/mol. The molecule has 2 rings (SSSR count). The van der Waals surface area contributed by atoms with Crippen LogP contribution in [0, 0.1) is 12.3 Å². The van der Waals surface area contributed by atoms with Crippen molar-refractivity contribution in [3.05, 3.63) is 29.3 Å². The highest BCUT2D eigenvalue weighted by Gasteiger charge is 2.37. The van der Waals surface area contributed by atoms with Gasteiger partial charge in [-0.05, 0) is 55.5 Å². The van der Waals surface area contributed by atoms with Crippen LogP contribution in [0.2, 0.25) is 0 Å². The number of amides is 1. The number of aromatic carboxylic acids is 1. The van der Waals surface area contributed by atoms with Gasteiger partial charge in [0.05, 0.1) is 5.56 Å². The third-order valence-corrected chi connectivity index (χ3v) is 4.13. The summed E-state index contributed by atoms with van der Waals surface area (Å²) in [6.45, 7) is 2.32. The van der Waals surface area contributed by atoms with Crippen LogP contribution in [0.15, 0.2) is 18.2 Å². The lowest BCUT2D eigenvalue weighted by molar-refractivity contribution is -0.119. The number of anilines is 1. The van der Waals surface area contributed by atoms with Gasteiger partial charge in [-0.1, -0.05) is 6.42 Å². The van der Waals surface area contributed by atoms with E-state index >= 15 is 0 Å². The Morgan fingerprint density at radius 1 is 1.40 bits per heavy atom. The zero-order valence-corrected chi connectivity index (χ0v) is 11.6. The fraction of sp³-hybridized carbons (Fsp3) is 0.467. The Hall–Kier alpha value is -1.88. The third kappa shape index (κ3) is 2.99. The number of carboxylic acid groups (broad SMARTS) is 1. The highest BCUT2D eigenvalue weighted by Crippen LogP contribution is 2.43. The molecule has 1 fully saturated rings. The van der Waals surface area contributed by atoms with Gasteiger partial charge in [0, 0.05) is 12.1 Å². The number of hydrogen-bond acceptors (Lipinski definition) is 3. The van der Waals surface area contributed by atoms with Crippen molar-refractivity contribution in [2.45, 2.75) is 32.6 Å². The molecule has 0 bridgehead atoms.